The second-order valence-electron chi connectivity index (χ2n) is 11.5. The van der Waals surface area contributed by atoms with Gasteiger partial charge in [0.15, 0.2) is 10.5 Å². The van der Waals surface area contributed by atoms with Gasteiger partial charge in [-0.2, -0.15) is 5.26 Å². The van der Waals surface area contributed by atoms with Crippen molar-refractivity contribution in [3.05, 3.63) is 45.6 Å². The summed E-state index contributed by atoms with van der Waals surface area (Å²) in [7, 11) is 0. The Labute approximate surface area is 223 Å². The van der Waals surface area contributed by atoms with Crippen LogP contribution in [0.4, 0.5) is 0 Å². The van der Waals surface area contributed by atoms with Crippen molar-refractivity contribution < 1.29 is 9.53 Å². The van der Waals surface area contributed by atoms with E-state index in [4.69, 9.17) is 4.74 Å². The molecule has 2 saturated carbocycles. The number of hydrogen-bond donors (Lipinski definition) is 0. The number of aliphatic imine (C=N–C) groups is 2. The third-order valence-electron chi connectivity index (χ3n) is 9.68. The molecule has 2 heterocycles. The molecular formula is C30H36BrN3O2. The van der Waals surface area contributed by atoms with Crippen molar-refractivity contribution in [2.45, 2.75) is 70.9 Å². The normalized spacial score (nSPS) is 39.6. The van der Waals surface area contributed by atoms with Gasteiger partial charge in [0, 0.05) is 48.7 Å². The van der Waals surface area contributed by atoms with E-state index < -0.39 is 0 Å². The van der Waals surface area contributed by atoms with Crippen molar-refractivity contribution in [1.29, 1.82) is 5.26 Å². The van der Waals surface area contributed by atoms with E-state index in [1.807, 2.05) is 18.2 Å². The minimum absolute atomic E-state index is 0.0864. The van der Waals surface area contributed by atoms with Gasteiger partial charge in [0.25, 0.3) is 0 Å². The molecule has 2 aliphatic carbocycles. The average Bonchev–Trinajstić information content (AvgIpc) is 3.43. The van der Waals surface area contributed by atoms with Crippen molar-refractivity contribution in [3.8, 4) is 6.07 Å². The Morgan fingerprint density at radius 2 is 1.94 bits per heavy atom. The second-order valence-corrected chi connectivity index (χ2v) is 12.2. The van der Waals surface area contributed by atoms with E-state index in [1.54, 1.807) is 12.4 Å². The van der Waals surface area contributed by atoms with Gasteiger partial charge in [-0.25, -0.2) is 0 Å². The number of ketones is 1. The number of nitriles is 1. The molecule has 0 bridgehead atoms. The van der Waals surface area contributed by atoms with E-state index in [-0.39, 0.29) is 29.3 Å². The largest absolute Gasteiger partial charge is 0.478 e. The first kappa shape index (κ1) is 25.4. The minimum atomic E-state index is -0.236. The van der Waals surface area contributed by atoms with Crippen LogP contribution < -0.4 is 0 Å². The Balaban J connectivity index is 1.33. The van der Waals surface area contributed by atoms with Gasteiger partial charge < -0.3 is 4.74 Å². The first-order valence-electron chi connectivity index (χ1n) is 13.4. The molecule has 0 aromatic heterocycles. The molecular weight excluding hydrogens is 514 g/mol. The zero-order valence-electron chi connectivity index (χ0n) is 21.7. The highest BCUT2D eigenvalue weighted by molar-refractivity contribution is 9.11. The summed E-state index contributed by atoms with van der Waals surface area (Å²) in [5, 5.41) is 9.64. The van der Waals surface area contributed by atoms with Crippen LogP contribution in [-0.2, 0) is 4.74 Å². The van der Waals surface area contributed by atoms with Gasteiger partial charge in [-0.05, 0) is 64.9 Å². The van der Waals surface area contributed by atoms with Crippen LogP contribution in [0, 0.1) is 46.8 Å². The summed E-state index contributed by atoms with van der Waals surface area (Å²) in [6, 6.07) is 10.5. The zero-order valence-corrected chi connectivity index (χ0v) is 23.2. The summed E-state index contributed by atoms with van der Waals surface area (Å²) in [5.41, 5.74) is 2.45. The predicted molar refractivity (Wildman–Crippen MR) is 147 cm³/mol. The highest BCUT2D eigenvalue weighted by atomic mass is 79.9. The van der Waals surface area contributed by atoms with Crippen LogP contribution in [0.25, 0.3) is 0 Å². The maximum Gasteiger partial charge on any atom is 0.177 e. The standard InChI is InChI=1S/C30H36BrN3O2/c1-17-9-10-21(30-19(3)28(30)25(15-32)29(31)36-30)13-18(2)24(17)14-27(35)23-8-6-5-7-22(23)26-16-33-11-12-34-20(26)4/h5-8,11-12,17-21,24,26,28H,9-10,13-14,16H2,1-4H3. The number of ether oxygens (including phenoxy) is 1. The Bertz CT molecular complexity index is 1170. The fourth-order valence-corrected chi connectivity index (χ4v) is 8.16. The van der Waals surface area contributed by atoms with Crippen LogP contribution in [0.3, 0.4) is 0 Å². The van der Waals surface area contributed by atoms with E-state index in [9.17, 15) is 10.1 Å². The number of rotatable bonds is 5. The average molecular weight is 551 g/mol. The molecule has 9 unspecified atom stereocenters. The first-order chi connectivity index (χ1) is 17.3. The monoisotopic (exact) mass is 549 g/mol. The summed E-state index contributed by atoms with van der Waals surface area (Å²) in [6.45, 7) is 9.61. The fourth-order valence-electron chi connectivity index (χ4n) is 7.54. The molecule has 190 valence electrons. The number of carbonyl (C=O) groups is 1. The van der Waals surface area contributed by atoms with Gasteiger partial charge in [-0.1, -0.05) is 51.5 Å². The Hall–Kier alpha value is -2.26. The van der Waals surface area contributed by atoms with Crippen LogP contribution in [0.1, 0.15) is 75.2 Å². The Morgan fingerprint density at radius 1 is 1.17 bits per heavy atom. The molecule has 1 aromatic carbocycles. The maximum atomic E-state index is 13.8. The molecule has 0 N–H and O–H groups in total. The smallest absolute Gasteiger partial charge is 0.177 e. The van der Waals surface area contributed by atoms with Crippen molar-refractivity contribution in [3.63, 3.8) is 0 Å². The van der Waals surface area contributed by atoms with Gasteiger partial charge in [-0.3, -0.25) is 14.8 Å². The number of Topliss-reactive ketones (excluding diaryl/α,β-unsaturated/α-hetero) is 1. The molecule has 0 radical (unpaired) electrons. The van der Waals surface area contributed by atoms with Crippen molar-refractivity contribution in [2.24, 2.45) is 45.5 Å². The van der Waals surface area contributed by atoms with Crippen LogP contribution in [0.2, 0.25) is 0 Å². The lowest BCUT2D eigenvalue weighted by atomic mass is 9.76. The second kappa shape index (κ2) is 9.89. The van der Waals surface area contributed by atoms with E-state index in [0.29, 0.717) is 47.2 Å². The minimum Gasteiger partial charge on any atom is -0.478 e. The molecule has 5 nitrogen and oxygen atoms in total. The summed E-state index contributed by atoms with van der Waals surface area (Å²) < 4.78 is 7.03. The molecule has 6 heteroatoms. The van der Waals surface area contributed by atoms with Crippen LogP contribution in [-0.4, -0.2) is 36.4 Å². The van der Waals surface area contributed by atoms with E-state index in [0.717, 1.165) is 36.0 Å². The molecule has 4 aliphatic rings. The SMILES string of the molecule is CC1CCC(C23OC(Br)=C(C#N)C2C3C)CC(C)C1CC(=O)c1ccccc1C1CN=CC=NC1C. The lowest BCUT2D eigenvalue weighted by Gasteiger charge is -2.30. The molecule has 2 fully saturated rings. The van der Waals surface area contributed by atoms with Crippen molar-refractivity contribution in [2.75, 3.05) is 6.54 Å². The Kier molecular flexibility index (Phi) is 6.98. The number of hydrogen-bond acceptors (Lipinski definition) is 5. The summed E-state index contributed by atoms with van der Waals surface area (Å²) in [6.07, 6.45) is 7.31. The number of benzene rings is 1. The molecule has 0 amide bonds. The third kappa shape index (κ3) is 4.18. The van der Waals surface area contributed by atoms with Gasteiger partial charge in [0.05, 0.1) is 17.7 Å². The lowest BCUT2D eigenvalue weighted by molar-refractivity contribution is 0.0351. The Morgan fingerprint density at radius 3 is 2.72 bits per heavy atom. The predicted octanol–water partition coefficient (Wildman–Crippen LogP) is 6.74. The molecule has 0 spiro atoms. The summed E-state index contributed by atoms with van der Waals surface area (Å²) in [5.74, 6) is 2.54. The van der Waals surface area contributed by atoms with Crippen molar-refractivity contribution >= 4 is 34.1 Å². The van der Waals surface area contributed by atoms with E-state index in [1.165, 1.54) is 0 Å². The first-order valence-corrected chi connectivity index (χ1v) is 14.2. The van der Waals surface area contributed by atoms with Gasteiger partial charge in [0.1, 0.15) is 5.60 Å². The highest BCUT2D eigenvalue weighted by Gasteiger charge is 2.73. The molecule has 36 heavy (non-hydrogen) atoms. The van der Waals surface area contributed by atoms with Crippen LogP contribution in [0.15, 0.2) is 44.5 Å². The van der Waals surface area contributed by atoms with Crippen molar-refractivity contribution in [1.82, 2.24) is 0 Å². The van der Waals surface area contributed by atoms with E-state index in [2.05, 4.69) is 65.7 Å². The third-order valence-corrected chi connectivity index (χ3v) is 10.3. The molecule has 0 saturated heterocycles. The molecule has 2 aliphatic heterocycles. The van der Waals surface area contributed by atoms with Gasteiger partial charge in [0.2, 0.25) is 0 Å². The lowest BCUT2D eigenvalue weighted by Crippen LogP contribution is -2.29. The molecule has 5 rings (SSSR count). The number of halogens is 1. The summed E-state index contributed by atoms with van der Waals surface area (Å²) >= 11 is 3.50. The topological polar surface area (TPSA) is 74.8 Å². The zero-order chi connectivity index (χ0) is 25.6. The van der Waals surface area contributed by atoms with Crippen LogP contribution in [0.5, 0.6) is 0 Å². The maximum absolute atomic E-state index is 13.8. The number of carbonyl (C=O) groups excluding carboxylic acids is 1. The number of fused-ring (bicyclic) bond motifs is 1. The highest BCUT2D eigenvalue weighted by Crippen LogP contribution is 2.69. The van der Waals surface area contributed by atoms with E-state index >= 15 is 0 Å². The van der Waals surface area contributed by atoms with Crippen LogP contribution >= 0.6 is 15.9 Å². The summed E-state index contributed by atoms with van der Waals surface area (Å²) in [4.78, 5) is 22.9. The molecule has 9 atom stereocenters. The quantitative estimate of drug-likeness (QED) is 0.301. The number of nitrogens with zero attached hydrogens (tertiary/aromatic N) is 3. The fraction of sp³-hybridized carbons (Fsp3) is 0.600. The van der Waals surface area contributed by atoms with Gasteiger partial charge >= 0.3 is 0 Å². The van der Waals surface area contributed by atoms with Gasteiger partial charge in [-0.15, -0.1) is 0 Å². The molecule has 1 aromatic rings.